The predicted octanol–water partition coefficient (Wildman–Crippen LogP) is 5.05. The lowest BCUT2D eigenvalue weighted by atomic mass is 10.0. The summed E-state index contributed by atoms with van der Waals surface area (Å²) >= 11 is 8.42. The van der Waals surface area contributed by atoms with E-state index < -0.39 is 128 Å². The van der Waals surface area contributed by atoms with E-state index in [2.05, 4.69) is 76.0 Å². The highest BCUT2D eigenvalue weighted by Gasteiger charge is 2.51. The summed E-state index contributed by atoms with van der Waals surface area (Å²) in [4.78, 5) is 112. The molecule has 6 amide bonds. The number of aromatic amines is 1. The normalized spacial score (nSPS) is 24.8. The molecule has 0 spiro atoms. The van der Waals surface area contributed by atoms with E-state index in [0.29, 0.717) is 16.8 Å². The number of nitrogens with zero attached hydrogens (tertiary/aromatic N) is 6. The molecule has 2 bridgehead atoms. The van der Waals surface area contributed by atoms with Gasteiger partial charge in [-0.2, -0.15) is 4.98 Å². The summed E-state index contributed by atoms with van der Waals surface area (Å²) in [7, 11) is 1.46. The third kappa shape index (κ3) is 17.4. The molecule has 1 aliphatic carbocycles. The first-order chi connectivity index (χ1) is 40.6. The molecule has 7 N–H and O–H groups in total. The van der Waals surface area contributed by atoms with E-state index >= 15 is 0 Å². The van der Waals surface area contributed by atoms with Crippen LogP contribution in [0.2, 0.25) is 0 Å². The Balaban J connectivity index is 0.854. The maximum absolute atomic E-state index is 14.0. The molecule has 3 fully saturated rings. The SMILES string of the molecule is CC(C)[C@H](NC(=O)CNC(=O)OC(C)(C)C)C(=O)N[C@@H](C)C(=O)Nc1ccc(COC(=O)N(C)Cc2ccccc2C(=O)Nc2nc3c(ncn3[C@@H]3O[C@@H]4CO[P@@](=O)(S)O[C@H]5C[C@H](Oc6ccncn6)C[C@@H]5CO[P@@](=O)(S)O[C@@H]3[C@@H]4O)c(=O)[nH]2)cc1. The number of rotatable bonds is 17. The Morgan fingerprint density at radius 2 is 1.63 bits per heavy atom. The summed E-state index contributed by atoms with van der Waals surface area (Å²) in [6.07, 6.45) is -4.42. The Bertz CT molecular complexity index is 3450. The molecule has 2 aromatic carbocycles. The van der Waals surface area contributed by atoms with Crippen LogP contribution in [0.15, 0.2) is 78.2 Å². The minimum Gasteiger partial charge on any atom is -0.474 e. The smallest absolute Gasteiger partial charge is 0.410 e. The highest BCUT2D eigenvalue weighted by molar-refractivity contribution is 8.44. The van der Waals surface area contributed by atoms with Gasteiger partial charge in [-0.25, -0.2) is 33.7 Å². The Morgan fingerprint density at radius 3 is 2.34 bits per heavy atom. The Hall–Kier alpha value is -6.99. The van der Waals surface area contributed by atoms with E-state index in [1.807, 2.05) is 0 Å². The summed E-state index contributed by atoms with van der Waals surface area (Å²) in [5.41, 5.74) is -0.599. The number of anilines is 2. The van der Waals surface area contributed by atoms with Gasteiger partial charge in [0.2, 0.25) is 29.5 Å². The van der Waals surface area contributed by atoms with Crippen molar-refractivity contribution < 1.29 is 80.0 Å². The number of H-pyrrole nitrogens is 1. The molecule has 3 aliphatic rings. The average Bonchev–Trinajstić information content (AvgIpc) is 1.84. The molecule has 30 nitrogen and oxygen atoms in total. The number of benzene rings is 2. The highest BCUT2D eigenvalue weighted by atomic mass is 32.7. The first-order valence-electron chi connectivity index (χ1n) is 26.9. The summed E-state index contributed by atoms with van der Waals surface area (Å²) < 4.78 is 74.7. The fraction of sp³-hybridized carbons (Fsp3) is 0.481. The Kier molecular flexibility index (Phi) is 21.0. The minimum absolute atomic E-state index is 0.0885. The quantitative estimate of drug-likeness (QED) is 0.0434. The number of aromatic nitrogens is 6. The number of carbonyl (C=O) groups is 6. The van der Waals surface area contributed by atoms with Crippen molar-refractivity contribution in [1.82, 2.24) is 50.3 Å². The predicted molar refractivity (Wildman–Crippen MR) is 312 cm³/mol. The minimum atomic E-state index is -4.38. The molecule has 34 heteroatoms. The van der Waals surface area contributed by atoms with Crippen LogP contribution in [0.4, 0.5) is 21.2 Å². The third-order valence-electron chi connectivity index (χ3n) is 13.4. The fourth-order valence-corrected chi connectivity index (χ4v) is 12.3. The zero-order valence-electron chi connectivity index (χ0n) is 47.5. The first-order valence-corrected chi connectivity index (χ1v) is 32.3. The van der Waals surface area contributed by atoms with Gasteiger partial charge in [-0.3, -0.25) is 52.4 Å². The Morgan fingerprint density at radius 1 is 0.907 bits per heavy atom. The lowest BCUT2D eigenvalue weighted by molar-refractivity contribution is -0.131. The number of thiol groups is 2. The number of hydrogen-bond donors (Lipinski definition) is 9. The van der Waals surface area contributed by atoms with Crippen LogP contribution in [0, 0.1) is 11.8 Å². The number of aliphatic hydroxyl groups is 1. The van der Waals surface area contributed by atoms with Gasteiger partial charge in [0.15, 0.2) is 17.4 Å². The van der Waals surface area contributed by atoms with Gasteiger partial charge in [0, 0.05) is 49.4 Å². The summed E-state index contributed by atoms with van der Waals surface area (Å²) in [6, 6.07) is 12.2. The van der Waals surface area contributed by atoms with E-state index in [1.165, 1.54) is 42.0 Å². The van der Waals surface area contributed by atoms with E-state index in [9.17, 15) is 47.8 Å². The largest absolute Gasteiger partial charge is 0.474 e. The molecule has 5 heterocycles. The summed E-state index contributed by atoms with van der Waals surface area (Å²) in [5.74, 6) is -3.57. The zero-order chi connectivity index (χ0) is 62.3. The molecular formula is C52H66N12O18P2S2. The molecule has 11 atom stereocenters. The lowest BCUT2D eigenvalue weighted by Gasteiger charge is -2.26. The van der Waals surface area contributed by atoms with Crippen molar-refractivity contribution in [3.05, 3.63) is 100 Å². The maximum Gasteiger partial charge on any atom is 0.410 e. The van der Waals surface area contributed by atoms with E-state index in [-0.39, 0.29) is 67.1 Å². The van der Waals surface area contributed by atoms with Crippen LogP contribution in [-0.2, 0) is 69.0 Å². The molecule has 8 rings (SSSR count). The first kappa shape index (κ1) is 65.0. The molecule has 2 aliphatic heterocycles. The number of aliphatic hydroxyl groups excluding tert-OH is 1. The van der Waals surface area contributed by atoms with Crippen molar-refractivity contribution >= 4 is 96.7 Å². The van der Waals surface area contributed by atoms with E-state index in [4.69, 9.17) is 37.0 Å². The fourth-order valence-electron chi connectivity index (χ4n) is 9.22. The molecule has 2 saturated heterocycles. The number of hydrogen-bond acceptors (Lipinski definition) is 22. The van der Waals surface area contributed by atoms with Crippen LogP contribution >= 0.6 is 38.1 Å². The van der Waals surface area contributed by atoms with Gasteiger partial charge in [-0.1, -0.05) is 68.7 Å². The van der Waals surface area contributed by atoms with Crippen LogP contribution in [-0.4, -0.2) is 150 Å². The molecule has 0 unspecified atom stereocenters. The van der Waals surface area contributed by atoms with Crippen molar-refractivity contribution in [2.45, 2.75) is 122 Å². The number of alkyl carbamates (subject to hydrolysis) is 1. The number of ether oxygens (including phenoxy) is 4. The second kappa shape index (κ2) is 27.8. The van der Waals surface area contributed by atoms with Crippen LogP contribution < -0.4 is 36.9 Å². The molecule has 1 saturated carbocycles. The van der Waals surface area contributed by atoms with Crippen molar-refractivity contribution in [1.29, 1.82) is 0 Å². The van der Waals surface area contributed by atoms with Crippen LogP contribution in [0.5, 0.6) is 5.88 Å². The monoisotopic (exact) mass is 1270 g/mol. The van der Waals surface area contributed by atoms with Gasteiger partial charge in [-0.05, 0) is 69.4 Å². The van der Waals surface area contributed by atoms with Gasteiger partial charge in [0.25, 0.3) is 11.5 Å². The van der Waals surface area contributed by atoms with Gasteiger partial charge < -0.3 is 54.7 Å². The molecular weight excluding hydrogens is 1210 g/mol. The third-order valence-corrected chi connectivity index (χ3v) is 16.7. The van der Waals surface area contributed by atoms with Crippen LogP contribution in [0.25, 0.3) is 11.2 Å². The second-order valence-corrected chi connectivity index (χ2v) is 27.4. The molecule has 3 aromatic heterocycles. The van der Waals surface area contributed by atoms with Crippen LogP contribution in [0.1, 0.15) is 82.1 Å². The molecule has 5 aromatic rings. The number of carbonyl (C=O) groups excluding carboxylic acids is 6. The number of nitrogens with one attached hydrogen (secondary N) is 6. The summed E-state index contributed by atoms with van der Waals surface area (Å²) in [5, 5.41) is 24.3. The second-order valence-electron chi connectivity index (χ2n) is 21.6. The van der Waals surface area contributed by atoms with Gasteiger partial charge in [-0.15, -0.1) is 0 Å². The average molecular weight is 1270 g/mol. The standard InChI is InChI=1S/C52H66N12O18P2S2/c1-27(2)39(59-37(65)20-54-50(71)80-52(4,5)6)46(69)57-28(3)44(67)58-32-14-12-29(13-15-32)22-75-51(72)63(7)21-30-10-8-9-11-34(30)45(68)61-49-60-43-40(47(70)62-49)56-26-64(43)48-42-41(66)36(79-48)24-77-83(73,85)81-35-19-33(78-38-16-17-53-25-55-38)18-31(35)23-76-84(74,86)82-42/h8-17,25-28,31,33,35-36,39,41-42,48,66H,18-24H2,1-7H3,(H,54,71)(H,57,69)(H,58,67)(H,59,65)(H,73,85)(H,74,86)(H2,60,61,62,68,70)/t28-,31+,33+,35-,36+,39-,41+,42+,48+,83+,84+/m0/s1. The van der Waals surface area contributed by atoms with Crippen molar-refractivity contribution in [3.8, 4) is 5.88 Å². The van der Waals surface area contributed by atoms with E-state index in [1.54, 1.807) is 83.1 Å². The van der Waals surface area contributed by atoms with Crippen molar-refractivity contribution in [3.63, 3.8) is 0 Å². The van der Waals surface area contributed by atoms with Crippen molar-refractivity contribution in [2.24, 2.45) is 11.8 Å². The van der Waals surface area contributed by atoms with Crippen molar-refractivity contribution in [2.75, 3.05) is 37.4 Å². The van der Waals surface area contributed by atoms with Crippen LogP contribution in [0.3, 0.4) is 0 Å². The molecule has 86 heavy (non-hydrogen) atoms. The summed E-state index contributed by atoms with van der Waals surface area (Å²) in [6.45, 7) is -0.245. The van der Waals surface area contributed by atoms with Gasteiger partial charge in [0.05, 0.1) is 25.6 Å². The van der Waals surface area contributed by atoms with Gasteiger partial charge in [0.1, 0.15) is 61.6 Å². The zero-order valence-corrected chi connectivity index (χ0v) is 51.1. The molecule has 464 valence electrons. The van der Waals surface area contributed by atoms with E-state index in [0.717, 1.165) is 6.33 Å². The lowest BCUT2D eigenvalue weighted by Crippen LogP contribution is -2.55. The Labute approximate surface area is 502 Å². The number of fused-ring (bicyclic) bond motifs is 4. The highest BCUT2D eigenvalue weighted by Crippen LogP contribution is 2.60. The number of imidazole rings is 1. The van der Waals surface area contributed by atoms with Gasteiger partial charge >= 0.3 is 25.8 Å². The maximum atomic E-state index is 14.0. The molecule has 0 radical (unpaired) electrons. The number of amides is 6. The topological polar surface area (TPSA) is 383 Å².